The molecule has 186 valence electrons. The molecule has 0 bridgehead atoms. The van der Waals surface area contributed by atoms with Gasteiger partial charge in [-0.25, -0.2) is 0 Å². The van der Waals surface area contributed by atoms with Crippen LogP contribution >= 0.6 is 11.8 Å². The zero-order valence-corrected chi connectivity index (χ0v) is 21.5. The molecule has 2 aromatic carbocycles. The van der Waals surface area contributed by atoms with Crippen LogP contribution in [0.1, 0.15) is 62.8 Å². The largest absolute Gasteiger partial charge is 0.417 e. The molecule has 2 amide bonds. The molecule has 1 aliphatic carbocycles. The number of anilines is 1. The number of carbonyl (C=O) groups excluding carboxylic acids is 2. The molecular weight excluding hydrogens is 473 g/mol. The Labute approximate surface area is 208 Å². The first kappa shape index (κ1) is 25.4. The molecular formula is C27H29F3N2O2S. The minimum absolute atomic E-state index is 0.116. The first-order chi connectivity index (χ1) is 16.1. The van der Waals surface area contributed by atoms with Crippen molar-refractivity contribution in [2.24, 2.45) is 0 Å². The molecule has 1 fully saturated rings. The Morgan fingerprint density at radius 1 is 0.943 bits per heavy atom. The van der Waals surface area contributed by atoms with Crippen molar-refractivity contribution >= 4 is 34.7 Å². The summed E-state index contributed by atoms with van der Waals surface area (Å²) >= 11 is 0.777. The summed E-state index contributed by atoms with van der Waals surface area (Å²) in [6, 6.07) is 8.21. The zero-order valence-electron chi connectivity index (χ0n) is 20.7. The molecule has 4 nitrogen and oxygen atoms in total. The number of alkyl halides is 3. The van der Waals surface area contributed by atoms with Gasteiger partial charge in [-0.2, -0.15) is 13.2 Å². The van der Waals surface area contributed by atoms with Gasteiger partial charge < -0.3 is 4.90 Å². The number of carbonyl (C=O) groups is 2. The maximum Gasteiger partial charge on any atom is 0.417 e. The highest BCUT2D eigenvalue weighted by Gasteiger charge is 2.42. The van der Waals surface area contributed by atoms with E-state index in [9.17, 15) is 22.8 Å². The van der Waals surface area contributed by atoms with Gasteiger partial charge in [0.25, 0.3) is 11.1 Å². The normalized spacial score (nSPS) is 20.1. The van der Waals surface area contributed by atoms with Gasteiger partial charge in [0.05, 0.1) is 10.5 Å². The minimum atomic E-state index is -4.55. The lowest BCUT2D eigenvalue weighted by Crippen LogP contribution is -2.34. The number of nitrogens with one attached hydrogen (secondary N) is 1. The summed E-state index contributed by atoms with van der Waals surface area (Å²) in [4.78, 5) is 25.6. The van der Waals surface area contributed by atoms with Crippen molar-refractivity contribution in [1.29, 1.82) is 0 Å². The number of thioether (sulfide) groups is 1. The SMILES string of the molecule is CN(C)c1ccc(/C=C2/SC(=O)NC2=O)cc1-c1cc2c(cc1C(F)(F)F)C(C)(C)CCC2(C)C. The van der Waals surface area contributed by atoms with Crippen molar-refractivity contribution in [2.45, 2.75) is 57.5 Å². The Bertz CT molecular complexity index is 1260. The zero-order chi connectivity index (χ0) is 25.9. The Morgan fingerprint density at radius 3 is 2.06 bits per heavy atom. The van der Waals surface area contributed by atoms with Gasteiger partial charge >= 0.3 is 6.18 Å². The van der Waals surface area contributed by atoms with E-state index in [-0.39, 0.29) is 21.3 Å². The van der Waals surface area contributed by atoms with Crippen LogP contribution in [0.3, 0.4) is 0 Å². The smallest absolute Gasteiger partial charge is 0.377 e. The summed E-state index contributed by atoms with van der Waals surface area (Å²) in [5.41, 5.74) is 2.10. The van der Waals surface area contributed by atoms with Crippen molar-refractivity contribution in [3.63, 3.8) is 0 Å². The van der Waals surface area contributed by atoms with Gasteiger partial charge in [0, 0.05) is 25.3 Å². The van der Waals surface area contributed by atoms with Crippen LogP contribution in [0.25, 0.3) is 17.2 Å². The van der Waals surface area contributed by atoms with Gasteiger partial charge in [0.1, 0.15) is 0 Å². The van der Waals surface area contributed by atoms with Gasteiger partial charge in [0.15, 0.2) is 0 Å². The second-order valence-corrected chi connectivity index (χ2v) is 11.7. The lowest BCUT2D eigenvalue weighted by Gasteiger charge is -2.42. The highest BCUT2D eigenvalue weighted by Crippen LogP contribution is 2.51. The lowest BCUT2D eigenvalue weighted by atomic mass is 9.62. The van der Waals surface area contributed by atoms with Crippen molar-refractivity contribution in [3.8, 4) is 11.1 Å². The first-order valence-corrected chi connectivity index (χ1v) is 12.2. The Kier molecular flexibility index (Phi) is 6.11. The molecule has 4 rings (SSSR count). The molecule has 0 unspecified atom stereocenters. The molecule has 1 aliphatic heterocycles. The fourth-order valence-electron chi connectivity index (χ4n) is 4.89. The molecule has 0 saturated carbocycles. The third-order valence-corrected chi connectivity index (χ3v) is 7.84. The van der Waals surface area contributed by atoms with Crippen molar-refractivity contribution in [1.82, 2.24) is 5.32 Å². The second kappa shape index (κ2) is 8.43. The lowest BCUT2D eigenvalue weighted by molar-refractivity contribution is -0.137. The average Bonchev–Trinajstić information content (AvgIpc) is 3.06. The minimum Gasteiger partial charge on any atom is -0.377 e. The quantitative estimate of drug-likeness (QED) is 0.455. The Hall–Kier alpha value is -2.74. The van der Waals surface area contributed by atoms with E-state index in [1.54, 1.807) is 43.3 Å². The summed E-state index contributed by atoms with van der Waals surface area (Å²) < 4.78 is 43.5. The third kappa shape index (κ3) is 4.73. The maximum atomic E-state index is 14.5. The molecule has 1 saturated heterocycles. The topological polar surface area (TPSA) is 49.4 Å². The van der Waals surface area contributed by atoms with Crippen LogP contribution < -0.4 is 10.2 Å². The molecule has 0 atom stereocenters. The highest BCUT2D eigenvalue weighted by atomic mass is 32.2. The van der Waals surface area contributed by atoms with Crippen LogP contribution in [0.15, 0.2) is 35.2 Å². The third-order valence-electron chi connectivity index (χ3n) is 7.03. The molecule has 8 heteroatoms. The van der Waals surface area contributed by atoms with E-state index in [1.807, 2.05) is 13.8 Å². The van der Waals surface area contributed by atoms with E-state index in [1.165, 1.54) is 12.1 Å². The maximum absolute atomic E-state index is 14.5. The van der Waals surface area contributed by atoms with Crippen molar-refractivity contribution in [2.75, 3.05) is 19.0 Å². The summed E-state index contributed by atoms with van der Waals surface area (Å²) in [6.07, 6.45) is -1.32. The highest BCUT2D eigenvalue weighted by molar-refractivity contribution is 8.18. The number of amides is 2. The molecule has 0 radical (unpaired) electrons. The summed E-state index contributed by atoms with van der Waals surface area (Å²) in [7, 11) is 3.57. The molecule has 1 N–H and O–H groups in total. The number of hydrogen-bond donors (Lipinski definition) is 1. The number of nitrogens with zero attached hydrogens (tertiary/aromatic N) is 1. The van der Waals surface area contributed by atoms with Crippen LogP contribution in [0.2, 0.25) is 0 Å². The Morgan fingerprint density at radius 2 is 1.54 bits per heavy atom. The number of benzene rings is 2. The number of fused-ring (bicyclic) bond motifs is 1. The Balaban J connectivity index is 2.00. The van der Waals surface area contributed by atoms with Crippen LogP contribution in [-0.4, -0.2) is 25.2 Å². The van der Waals surface area contributed by atoms with Gasteiger partial charge in [-0.15, -0.1) is 0 Å². The monoisotopic (exact) mass is 502 g/mol. The van der Waals surface area contributed by atoms with Gasteiger partial charge in [0.2, 0.25) is 0 Å². The van der Waals surface area contributed by atoms with Crippen LogP contribution in [0.4, 0.5) is 23.7 Å². The number of hydrogen-bond acceptors (Lipinski definition) is 4. The number of halogens is 3. The molecule has 2 aromatic rings. The summed E-state index contributed by atoms with van der Waals surface area (Å²) in [5.74, 6) is -0.507. The van der Waals surface area contributed by atoms with Crippen LogP contribution in [0.5, 0.6) is 0 Å². The first-order valence-electron chi connectivity index (χ1n) is 11.4. The van der Waals surface area contributed by atoms with Crippen LogP contribution in [0, 0.1) is 0 Å². The predicted molar refractivity (Wildman–Crippen MR) is 136 cm³/mol. The van der Waals surface area contributed by atoms with E-state index in [0.29, 0.717) is 16.8 Å². The fourth-order valence-corrected chi connectivity index (χ4v) is 5.58. The van der Waals surface area contributed by atoms with E-state index in [0.717, 1.165) is 35.7 Å². The fraction of sp³-hybridized carbons (Fsp3) is 0.407. The molecule has 2 aliphatic rings. The van der Waals surface area contributed by atoms with Crippen molar-refractivity contribution < 1.29 is 22.8 Å². The van der Waals surface area contributed by atoms with E-state index >= 15 is 0 Å². The van der Waals surface area contributed by atoms with E-state index in [2.05, 4.69) is 19.2 Å². The molecule has 0 spiro atoms. The second-order valence-electron chi connectivity index (χ2n) is 10.7. The number of rotatable bonds is 3. The molecule has 35 heavy (non-hydrogen) atoms. The summed E-state index contributed by atoms with van der Waals surface area (Å²) in [5, 5.41) is 1.74. The van der Waals surface area contributed by atoms with Gasteiger partial charge in [-0.1, -0.05) is 33.8 Å². The molecule has 0 aromatic heterocycles. The van der Waals surface area contributed by atoms with E-state index in [4.69, 9.17) is 0 Å². The standard InChI is InChI=1S/C27H29F3N2O2S/c1-25(2)9-10-26(3,4)20-14-18(27(28,29)30)16(13-19(20)25)17-11-15(7-8-21(17)32(5)6)12-22-23(33)31-24(34)35-22/h7-8,11-14H,9-10H2,1-6H3,(H,31,33,34)/b22-12+. The molecule has 1 heterocycles. The van der Waals surface area contributed by atoms with E-state index < -0.39 is 22.9 Å². The van der Waals surface area contributed by atoms with Crippen LogP contribution in [-0.2, 0) is 21.8 Å². The number of imide groups is 1. The van der Waals surface area contributed by atoms with Crippen molar-refractivity contribution in [3.05, 3.63) is 57.5 Å². The van der Waals surface area contributed by atoms with Gasteiger partial charge in [-0.3, -0.25) is 14.9 Å². The summed E-state index contributed by atoms with van der Waals surface area (Å²) in [6.45, 7) is 8.17. The average molecular weight is 503 g/mol. The van der Waals surface area contributed by atoms with Gasteiger partial charge in [-0.05, 0) is 88.0 Å². The predicted octanol–water partition coefficient (Wildman–Crippen LogP) is 7.11.